The van der Waals surface area contributed by atoms with Gasteiger partial charge >= 0.3 is 0 Å². The van der Waals surface area contributed by atoms with E-state index >= 15 is 0 Å². The third-order valence-electron chi connectivity index (χ3n) is 5.48. The van der Waals surface area contributed by atoms with Crippen molar-refractivity contribution in [3.05, 3.63) is 30.1 Å². The Labute approximate surface area is 164 Å². The third kappa shape index (κ3) is 5.28. The van der Waals surface area contributed by atoms with Gasteiger partial charge in [0, 0.05) is 12.5 Å². The summed E-state index contributed by atoms with van der Waals surface area (Å²) < 4.78 is 45.7. The summed E-state index contributed by atoms with van der Waals surface area (Å²) in [5.41, 5.74) is 0. The maximum atomic E-state index is 12.9. The van der Waals surface area contributed by atoms with Crippen molar-refractivity contribution < 1.29 is 27.4 Å². The normalized spacial score (nSPS) is 25.9. The molecule has 7 nitrogen and oxygen atoms in total. The molecular formula is C19H27FN2O5S. The zero-order valence-corrected chi connectivity index (χ0v) is 16.5. The van der Waals surface area contributed by atoms with Crippen LogP contribution in [0.5, 0.6) is 0 Å². The highest BCUT2D eigenvalue weighted by Crippen LogP contribution is 2.28. The molecule has 0 radical (unpaired) electrons. The molecular weight excluding hydrogens is 387 g/mol. The first-order valence-corrected chi connectivity index (χ1v) is 11.2. The van der Waals surface area contributed by atoms with Gasteiger partial charge in [-0.1, -0.05) is 6.42 Å². The molecule has 0 aromatic heterocycles. The minimum absolute atomic E-state index is 0.00506. The number of carbonyl (C=O) groups excluding carboxylic acids is 1. The first kappa shape index (κ1) is 21.2. The number of amides is 1. The molecule has 0 bridgehead atoms. The maximum Gasteiger partial charge on any atom is 0.240 e. The zero-order chi connectivity index (χ0) is 20.1. The van der Waals surface area contributed by atoms with E-state index in [0.29, 0.717) is 19.3 Å². The van der Waals surface area contributed by atoms with Crippen LogP contribution in [-0.2, 0) is 19.6 Å². The summed E-state index contributed by atoms with van der Waals surface area (Å²) in [6.45, 7) is -0.0327. The molecule has 1 aromatic carbocycles. The molecule has 3 atom stereocenters. The summed E-state index contributed by atoms with van der Waals surface area (Å²) in [4.78, 5) is 12.1. The smallest absolute Gasteiger partial charge is 0.240 e. The van der Waals surface area contributed by atoms with Crippen molar-refractivity contribution in [3.63, 3.8) is 0 Å². The van der Waals surface area contributed by atoms with Gasteiger partial charge in [-0.15, -0.1) is 0 Å². The van der Waals surface area contributed by atoms with Gasteiger partial charge in [-0.05, 0) is 56.4 Å². The van der Waals surface area contributed by atoms with Crippen molar-refractivity contribution in [1.29, 1.82) is 0 Å². The van der Waals surface area contributed by atoms with Crippen LogP contribution in [0.2, 0.25) is 0 Å². The van der Waals surface area contributed by atoms with E-state index in [9.17, 15) is 22.7 Å². The molecule has 0 spiro atoms. The second-order valence-corrected chi connectivity index (χ2v) is 9.21. The van der Waals surface area contributed by atoms with Gasteiger partial charge in [0.05, 0.1) is 23.6 Å². The Morgan fingerprint density at radius 1 is 1.18 bits per heavy atom. The van der Waals surface area contributed by atoms with Crippen molar-refractivity contribution in [3.8, 4) is 0 Å². The fourth-order valence-electron chi connectivity index (χ4n) is 3.53. The Kier molecular flexibility index (Phi) is 7.03. The number of ether oxygens (including phenoxy) is 1. The lowest BCUT2D eigenvalue weighted by molar-refractivity contribution is -0.134. The van der Waals surface area contributed by atoms with Gasteiger partial charge in [-0.25, -0.2) is 17.5 Å². The van der Waals surface area contributed by atoms with Crippen molar-refractivity contribution >= 4 is 15.9 Å². The van der Waals surface area contributed by atoms with Crippen LogP contribution >= 0.6 is 0 Å². The average molecular weight is 414 g/mol. The van der Waals surface area contributed by atoms with Crippen LogP contribution < -0.4 is 10.0 Å². The molecule has 1 aromatic rings. The largest absolute Gasteiger partial charge is 0.394 e. The Morgan fingerprint density at radius 2 is 1.89 bits per heavy atom. The molecule has 9 heteroatoms. The molecule has 2 fully saturated rings. The van der Waals surface area contributed by atoms with E-state index in [1.54, 1.807) is 0 Å². The zero-order valence-electron chi connectivity index (χ0n) is 15.6. The van der Waals surface area contributed by atoms with Crippen molar-refractivity contribution in [2.75, 3.05) is 13.2 Å². The van der Waals surface area contributed by atoms with E-state index in [2.05, 4.69) is 10.0 Å². The number of carbonyl (C=O) groups is 1. The Balaban J connectivity index is 1.45. The number of benzene rings is 1. The van der Waals surface area contributed by atoms with E-state index in [1.807, 2.05) is 0 Å². The molecule has 0 unspecified atom stereocenters. The fraction of sp³-hybridized carbons (Fsp3) is 0.632. The highest BCUT2D eigenvalue weighted by molar-refractivity contribution is 7.89. The standard InChI is InChI=1S/C19H27FN2O5S/c20-14-4-7-16(8-5-14)28(25,26)21-11-10-15-6-9-17(18(12-23)27-15)22-19(24)13-2-1-3-13/h4-5,7-8,13,15,17-18,21,23H,1-3,6,9-12H2,(H,22,24)/t15-,17-,18+/m1/s1. The Bertz CT molecular complexity index is 767. The quantitative estimate of drug-likeness (QED) is 0.595. The molecule has 1 amide bonds. The molecule has 1 aliphatic carbocycles. The van der Waals surface area contributed by atoms with Crippen LogP contribution in [0, 0.1) is 11.7 Å². The van der Waals surface area contributed by atoms with Crippen molar-refractivity contribution in [2.24, 2.45) is 5.92 Å². The van der Waals surface area contributed by atoms with E-state index in [1.165, 1.54) is 12.1 Å². The molecule has 3 rings (SSSR count). The van der Waals surface area contributed by atoms with E-state index in [4.69, 9.17) is 4.74 Å². The van der Waals surface area contributed by atoms with Crippen LogP contribution in [0.1, 0.15) is 38.5 Å². The van der Waals surface area contributed by atoms with Crippen molar-refractivity contribution in [1.82, 2.24) is 10.0 Å². The van der Waals surface area contributed by atoms with E-state index in [-0.39, 0.29) is 42.0 Å². The Hall–Kier alpha value is -1.55. The molecule has 3 N–H and O–H groups in total. The first-order valence-electron chi connectivity index (χ1n) is 9.71. The number of nitrogens with one attached hydrogen (secondary N) is 2. The van der Waals surface area contributed by atoms with E-state index < -0.39 is 21.9 Å². The lowest BCUT2D eigenvalue weighted by Gasteiger charge is -2.37. The third-order valence-corrected chi connectivity index (χ3v) is 6.96. The van der Waals surface area contributed by atoms with Crippen LogP contribution in [-0.4, -0.2) is 50.8 Å². The average Bonchev–Trinajstić information content (AvgIpc) is 2.61. The molecule has 28 heavy (non-hydrogen) atoms. The molecule has 1 saturated carbocycles. The SMILES string of the molecule is O=C(N[C@@H]1CC[C@H](CCNS(=O)(=O)c2ccc(F)cc2)O[C@H]1CO)C1CCC1. The number of rotatable bonds is 8. The highest BCUT2D eigenvalue weighted by atomic mass is 32.2. The topological polar surface area (TPSA) is 105 Å². The summed E-state index contributed by atoms with van der Waals surface area (Å²) in [7, 11) is -3.71. The monoisotopic (exact) mass is 414 g/mol. The predicted molar refractivity (Wildman–Crippen MR) is 100 cm³/mol. The van der Waals surface area contributed by atoms with Crippen LogP contribution in [0.4, 0.5) is 4.39 Å². The molecule has 1 heterocycles. The number of aliphatic hydroxyl groups is 1. The minimum atomic E-state index is -3.71. The van der Waals surface area contributed by atoms with Crippen molar-refractivity contribution in [2.45, 2.75) is 61.7 Å². The maximum absolute atomic E-state index is 12.9. The van der Waals surface area contributed by atoms with Gasteiger partial charge in [0.2, 0.25) is 15.9 Å². The van der Waals surface area contributed by atoms with Crippen LogP contribution in [0.25, 0.3) is 0 Å². The number of aliphatic hydroxyl groups excluding tert-OH is 1. The molecule has 1 aliphatic heterocycles. The molecule has 156 valence electrons. The second-order valence-electron chi connectivity index (χ2n) is 7.44. The minimum Gasteiger partial charge on any atom is -0.394 e. The van der Waals surface area contributed by atoms with Crippen LogP contribution in [0.3, 0.4) is 0 Å². The fourth-order valence-corrected chi connectivity index (χ4v) is 4.58. The second kappa shape index (κ2) is 9.30. The summed E-state index contributed by atoms with van der Waals surface area (Å²) in [6.07, 6.45) is 4.02. The number of hydrogen-bond donors (Lipinski definition) is 3. The highest BCUT2D eigenvalue weighted by Gasteiger charge is 2.34. The molecule has 2 aliphatic rings. The lowest BCUT2D eigenvalue weighted by atomic mass is 9.84. The summed E-state index contributed by atoms with van der Waals surface area (Å²) >= 11 is 0. The van der Waals surface area contributed by atoms with Gasteiger partial charge in [0.25, 0.3) is 0 Å². The number of halogens is 1. The Morgan fingerprint density at radius 3 is 2.50 bits per heavy atom. The van der Waals surface area contributed by atoms with Gasteiger partial charge in [0.1, 0.15) is 11.9 Å². The van der Waals surface area contributed by atoms with Gasteiger partial charge in [0.15, 0.2) is 0 Å². The summed E-state index contributed by atoms with van der Waals surface area (Å²) in [5, 5.41) is 12.6. The number of hydrogen-bond acceptors (Lipinski definition) is 5. The predicted octanol–water partition coefficient (Wildman–Crippen LogP) is 1.32. The van der Waals surface area contributed by atoms with Gasteiger partial charge in [-0.2, -0.15) is 0 Å². The first-order chi connectivity index (χ1) is 13.4. The molecule has 1 saturated heterocycles. The summed E-state index contributed by atoms with van der Waals surface area (Å²) in [5.74, 6) is -0.384. The van der Waals surface area contributed by atoms with Crippen LogP contribution in [0.15, 0.2) is 29.2 Å². The van der Waals surface area contributed by atoms with Gasteiger partial charge in [-0.3, -0.25) is 4.79 Å². The van der Waals surface area contributed by atoms with E-state index in [0.717, 1.165) is 31.4 Å². The lowest BCUT2D eigenvalue weighted by Crippen LogP contribution is -2.53. The van der Waals surface area contributed by atoms with Gasteiger partial charge < -0.3 is 15.2 Å². The summed E-state index contributed by atoms with van der Waals surface area (Å²) in [6, 6.07) is 4.41. The number of sulfonamides is 1.